The lowest BCUT2D eigenvalue weighted by molar-refractivity contribution is -0.122. The van der Waals surface area contributed by atoms with E-state index < -0.39 is 10.0 Å². The average Bonchev–Trinajstić information content (AvgIpc) is 2.66. The smallest absolute Gasteiger partial charge is 0.232 e. The number of amides is 1. The topological polar surface area (TPSA) is 66.5 Å². The van der Waals surface area contributed by atoms with Gasteiger partial charge in [0.05, 0.1) is 18.0 Å². The minimum absolute atomic E-state index is 0.0557. The molecule has 0 aromatic heterocycles. The molecule has 0 radical (unpaired) electrons. The minimum Gasteiger partial charge on any atom is -0.349 e. The number of sulfonamides is 1. The first kappa shape index (κ1) is 24.2. The highest BCUT2D eigenvalue weighted by Gasteiger charge is 2.21. The largest absolute Gasteiger partial charge is 0.349 e. The predicted molar refractivity (Wildman–Crippen MR) is 124 cm³/mol. The van der Waals surface area contributed by atoms with E-state index in [9.17, 15) is 13.2 Å². The molecule has 2 aromatic rings. The Bertz CT molecular complexity index is 946. The summed E-state index contributed by atoms with van der Waals surface area (Å²) in [5, 5.41) is 3.58. The zero-order valence-electron chi connectivity index (χ0n) is 18.1. The van der Waals surface area contributed by atoms with Crippen LogP contribution in [0.25, 0.3) is 0 Å². The van der Waals surface area contributed by atoms with Gasteiger partial charge in [0, 0.05) is 18.0 Å². The van der Waals surface area contributed by atoms with E-state index in [1.807, 2.05) is 37.3 Å². The van der Waals surface area contributed by atoms with Gasteiger partial charge in [0.15, 0.2) is 0 Å². The van der Waals surface area contributed by atoms with Crippen molar-refractivity contribution in [3.8, 4) is 0 Å². The van der Waals surface area contributed by atoms with Crippen molar-refractivity contribution in [1.82, 2.24) is 5.32 Å². The number of hydrogen-bond acceptors (Lipinski definition) is 3. The SMILES string of the molecule is Cc1ccc(Cl)cc1N(CCCC(=O)N[C@@H](CC(C)C)c1ccccc1)S(C)(=O)=O. The van der Waals surface area contributed by atoms with Crippen molar-refractivity contribution >= 4 is 33.2 Å². The summed E-state index contributed by atoms with van der Waals surface area (Å²) in [6, 6.07) is 15.0. The van der Waals surface area contributed by atoms with Crippen LogP contribution in [-0.4, -0.2) is 27.1 Å². The van der Waals surface area contributed by atoms with Crippen LogP contribution in [0, 0.1) is 12.8 Å². The Balaban J connectivity index is 2.03. The quantitative estimate of drug-likeness (QED) is 0.547. The van der Waals surface area contributed by atoms with E-state index in [-0.39, 0.29) is 24.9 Å². The van der Waals surface area contributed by atoms with E-state index in [1.54, 1.807) is 18.2 Å². The summed E-state index contributed by atoms with van der Waals surface area (Å²) in [5.74, 6) is 0.350. The van der Waals surface area contributed by atoms with Crippen molar-refractivity contribution in [3.05, 3.63) is 64.7 Å². The van der Waals surface area contributed by atoms with E-state index in [1.165, 1.54) is 10.6 Å². The molecule has 0 unspecified atom stereocenters. The van der Waals surface area contributed by atoms with Gasteiger partial charge >= 0.3 is 0 Å². The van der Waals surface area contributed by atoms with Gasteiger partial charge in [-0.25, -0.2) is 8.42 Å². The second-order valence-corrected chi connectivity index (χ2v) is 10.4. The maximum absolute atomic E-state index is 12.6. The second-order valence-electron chi connectivity index (χ2n) is 8.03. The Labute approximate surface area is 185 Å². The molecule has 0 bridgehead atoms. The summed E-state index contributed by atoms with van der Waals surface area (Å²) in [7, 11) is -3.49. The van der Waals surface area contributed by atoms with Crippen molar-refractivity contribution in [2.45, 2.75) is 46.1 Å². The molecule has 1 atom stereocenters. The normalized spacial score (nSPS) is 12.6. The summed E-state index contributed by atoms with van der Waals surface area (Å²) >= 11 is 6.07. The number of halogens is 1. The van der Waals surface area contributed by atoms with Gasteiger partial charge in [-0.05, 0) is 48.9 Å². The third-order valence-corrected chi connectivity index (χ3v) is 6.26. The molecule has 2 rings (SSSR count). The number of nitrogens with zero attached hydrogens (tertiary/aromatic N) is 1. The monoisotopic (exact) mass is 450 g/mol. The fourth-order valence-corrected chi connectivity index (χ4v) is 4.58. The minimum atomic E-state index is -3.49. The van der Waals surface area contributed by atoms with Gasteiger partial charge in [-0.2, -0.15) is 0 Å². The molecule has 0 aliphatic rings. The Kier molecular flexibility index (Phi) is 8.74. The number of nitrogens with one attached hydrogen (secondary N) is 1. The van der Waals surface area contributed by atoms with Crippen LogP contribution in [0.1, 0.15) is 50.3 Å². The van der Waals surface area contributed by atoms with Crippen LogP contribution in [0.15, 0.2) is 48.5 Å². The van der Waals surface area contributed by atoms with Gasteiger partial charge in [0.2, 0.25) is 15.9 Å². The van der Waals surface area contributed by atoms with Gasteiger partial charge < -0.3 is 5.32 Å². The molecule has 1 N–H and O–H groups in total. The number of rotatable bonds is 10. The Hall–Kier alpha value is -2.05. The number of carbonyl (C=O) groups excluding carboxylic acids is 1. The number of benzene rings is 2. The van der Waals surface area contributed by atoms with Crippen LogP contribution >= 0.6 is 11.6 Å². The van der Waals surface area contributed by atoms with Crippen molar-refractivity contribution in [2.24, 2.45) is 5.92 Å². The highest BCUT2D eigenvalue weighted by molar-refractivity contribution is 7.92. The van der Waals surface area contributed by atoms with Gasteiger partial charge in [0.1, 0.15) is 0 Å². The molecule has 164 valence electrons. The molecule has 0 saturated heterocycles. The lowest BCUT2D eigenvalue weighted by atomic mass is 9.97. The number of hydrogen-bond donors (Lipinski definition) is 1. The van der Waals surface area contributed by atoms with Crippen LogP contribution in [-0.2, 0) is 14.8 Å². The van der Waals surface area contributed by atoms with Crippen LogP contribution in [0.2, 0.25) is 5.02 Å². The summed E-state index contributed by atoms with van der Waals surface area (Å²) in [5.41, 5.74) is 2.44. The van der Waals surface area contributed by atoms with Crippen LogP contribution < -0.4 is 9.62 Å². The summed E-state index contributed by atoms with van der Waals surface area (Å²) < 4.78 is 26.0. The molecular formula is C23H31ClN2O3S. The van der Waals surface area contributed by atoms with Crippen LogP contribution in [0.4, 0.5) is 5.69 Å². The van der Waals surface area contributed by atoms with E-state index in [0.717, 1.165) is 17.5 Å². The molecule has 0 aliphatic heterocycles. The third kappa shape index (κ3) is 7.33. The summed E-state index contributed by atoms with van der Waals surface area (Å²) in [6.07, 6.45) is 2.66. The Morgan fingerprint density at radius 1 is 1.13 bits per heavy atom. The number of anilines is 1. The molecule has 0 spiro atoms. The molecule has 2 aromatic carbocycles. The Morgan fingerprint density at radius 3 is 2.40 bits per heavy atom. The Morgan fingerprint density at radius 2 is 1.80 bits per heavy atom. The highest BCUT2D eigenvalue weighted by Crippen LogP contribution is 2.27. The molecule has 0 saturated carbocycles. The maximum Gasteiger partial charge on any atom is 0.232 e. The fourth-order valence-electron chi connectivity index (χ4n) is 3.40. The lowest BCUT2D eigenvalue weighted by Crippen LogP contribution is -2.33. The van der Waals surface area contributed by atoms with E-state index in [4.69, 9.17) is 11.6 Å². The van der Waals surface area contributed by atoms with Crippen LogP contribution in [0.5, 0.6) is 0 Å². The number of aryl methyl sites for hydroxylation is 1. The standard InChI is InChI=1S/C23H31ClN2O3S/c1-17(2)15-21(19-9-6-5-7-10-19)25-23(27)11-8-14-26(30(4,28)29)22-16-20(24)13-12-18(22)3/h5-7,9-10,12-13,16-17,21H,8,11,14-15H2,1-4H3,(H,25,27)/t21-/m0/s1. The van der Waals surface area contributed by atoms with Gasteiger partial charge in [-0.15, -0.1) is 0 Å². The van der Waals surface area contributed by atoms with Gasteiger partial charge in [-0.3, -0.25) is 9.10 Å². The lowest BCUT2D eigenvalue weighted by Gasteiger charge is -2.25. The van der Waals surface area contributed by atoms with Crippen molar-refractivity contribution in [3.63, 3.8) is 0 Å². The average molecular weight is 451 g/mol. The van der Waals surface area contributed by atoms with Gasteiger partial charge in [-0.1, -0.05) is 61.8 Å². The molecule has 0 fully saturated rings. The van der Waals surface area contributed by atoms with E-state index >= 15 is 0 Å². The summed E-state index contributed by atoms with van der Waals surface area (Å²) in [6.45, 7) is 6.30. The molecule has 1 amide bonds. The first-order valence-electron chi connectivity index (χ1n) is 10.2. The highest BCUT2D eigenvalue weighted by atomic mass is 35.5. The number of carbonyl (C=O) groups is 1. The second kappa shape index (κ2) is 10.8. The predicted octanol–water partition coefficient (Wildman–Crippen LogP) is 5.10. The first-order chi connectivity index (χ1) is 14.1. The maximum atomic E-state index is 12.6. The zero-order chi connectivity index (χ0) is 22.3. The summed E-state index contributed by atoms with van der Waals surface area (Å²) in [4.78, 5) is 12.6. The molecule has 5 nitrogen and oxygen atoms in total. The van der Waals surface area contributed by atoms with E-state index in [0.29, 0.717) is 23.0 Å². The van der Waals surface area contributed by atoms with Crippen molar-refractivity contribution < 1.29 is 13.2 Å². The van der Waals surface area contributed by atoms with Crippen molar-refractivity contribution in [1.29, 1.82) is 0 Å². The molecule has 0 heterocycles. The fraction of sp³-hybridized carbons (Fsp3) is 0.435. The van der Waals surface area contributed by atoms with E-state index in [2.05, 4.69) is 19.2 Å². The first-order valence-corrected chi connectivity index (χ1v) is 12.4. The molecule has 30 heavy (non-hydrogen) atoms. The molecular weight excluding hydrogens is 420 g/mol. The zero-order valence-corrected chi connectivity index (χ0v) is 19.6. The van der Waals surface area contributed by atoms with Crippen LogP contribution in [0.3, 0.4) is 0 Å². The molecule has 7 heteroatoms. The third-order valence-electron chi connectivity index (χ3n) is 4.85. The van der Waals surface area contributed by atoms with Gasteiger partial charge in [0.25, 0.3) is 0 Å². The van der Waals surface area contributed by atoms with Crippen molar-refractivity contribution in [2.75, 3.05) is 17.1 Å². The molecule has 0 aliphatic carbocycles.